The van der Waals surface area contributed by atoms with E-state index in [0.29, 0.717) is 22.2 Å². The molecule has 0 saturated heterocycles. The van der Waals surface area contributed by atoms with Crippen LogP contribution in [0.5, 0.6) is 11.5 Å². The summed E-state index contributed by atoms with van der Waals surface area (Å²) in [6.07, 6.45) is 0. The molecule has 124 valence electrons. The van der Waals surface area contributed by atoms with Crippen molar-refractivity contribution < 1.29 is 18.3 Å². The van der Waals surface area contributed by atoms with Crippen molar-refractivity contribution in [3.05, 3.63) is 52.9 Å². The van der Waals surface area contributed by atoms with Crippen LogP contribution in [-0.2, 0) is 0 Å². The number of para-hydroxylation sites is 1. The normalized spacial score (nSPS) is 10.7. The Morgan fingerprint density at radius 3 is 2.46 bits per heavy atom. The van der Waals surface area contributed by atoms with E-state index >= 15 is 0 Å². The number of hydrogen-bond donors (Lipinski definition) is 0. The molecule has 0 fully saturated rings. The van der Waals surface area contributed by atoms with Crippen molar-refractivity contribution in [2.45, 2.75) is 6.92 Å². The van der Waals surface area contributed by atoms with Crippen molar-refractivity contribution in [3.63, 3.8) is 0 Å². The highest BCUT2D eigenvalue weighted by Crippen LogP contribution is 2.42. The molecule has 0 aliphatic heterocycles. The van der Waals surface area contributed by atoms with Crippen molar-refractivity contribution in [2.24, 2.45) is 0 Å². The van der Waals surface area contributed by atoms with Gasteiger partial charge < -0.3 is 9.47 Å². The van der Waals surface area contributed by atoms with Gasteiger partial charge in [0.05, 0.1) is 25.5 Å². The Kier molecular flexibility index (Phi) is 4.49. The first-order valence-corrected chi connectivity index (χ1v) is 8.01. The lowest BCUT2D eigenvalue weighted by Crippen LogP contribution is -1.93. The highest BCUT2D eigenvalue weighted by atomic mass is 32.1. The maximum absolute atomic E-state index is 14.1. The number of ether oxygens (including phenoxy) is 2. The molecular weight excluding hydrogens is 332 g/mol. The largest absolute Gasteiger partial charge is 0.493 e. The van der Waals surface area contributed by atoms with E-state index < -0.39 is 11.6 Å². The minimum Gasteiger partial charge on any atom is -0.493 e. The fraction of sp³-hybridized carbons (Fsp3) is 0.167. The van der Waals surface area contributed by atoms with E-state index in [2.05, 4.69) is 4.98 Å². The third kappa shape index (κ3) is 2.85. The Balaban J connectivity index is 2.13. The van der Waals surface area contributed by atoms with Crippen LogP contribution in [0.3, 0.4) is 0 Å². The fourth-order valence-electron chi connectivity index (χ4n) is 2.50. The van der Waals surface area contributed by atoms with Gasteiger partial charge >= 0.3 is 0 Å². The average molecular weight is 347 g/mol. The monoisotopic (exact) mass is 347 g/mol. The molecule has 0 saturated carbocycles. The zero-order valence-corrected chi connectivity index (χ0v) is 14.2. The van der Waals surface area contributed by atoms with Crippen LogP contribution in [0.25, 0.3) is 21.8 Å². The molecule has 3 aromatic rings. The van der Waals surface area contributed by atoms with Gasteiger partial charge in [-0.15, -0.1) is 11.3 Å². The summed E-state index contributed by atoms with van der Waals surface area (Å²) in [6.45, 7) is 1.85. The summed E-state index contributed by atoms with van der Waals surface area (Å²) in [7, 11) is 3.12. The lowest BCUT2D eigenvalue weighted by molar-refractivity contribution is 0.356. The van der Waals surface area contributed by atoms with Gasteiger partial charge in [0.1, 0.15) is 16.6 Å². The zero-order valence-electron chi connectivity index (χ0n) is 13.4. The predicted octanol–water partition coefficient (Wildman–Crippen LogP) is 5.08. The third-order valence-corrected chi connectivity index (χ3v) is 4.62. The van der Waals surface area contributed by atoms with Gasteiger partial charge in [0.15, 0.2) is 11.5 Å². The van der Waals surface area contributed by atoms with Crippen LogP contribution in [0.1, 0.15) is 4.88 Å². The Morgan fingerprint density at radius 2 is 1.79 bits per heavy atom. The van der Waals surface area contributed by atoms with Crippen molar-refractivity contribution in [3.8, 4) is 33.3 Å². The molecule has 0 bridgehead atoms. The Labute approximate surface area is 142 Å². The molecule has 0 spiro atoms. The SMILES string of the molecule is COc1cccc(-c2nc(-c3ccc(F)cc3F)c(C)s2)c1OC. The molecule has 3 rings (SSSR count). The lowest BCUT2D eigenvalue weighted by atomic mass is 10.1. The van der Waals surface area contributed by atoms with Crippen LogP contribution >= 0.6 is 11.3 Å². The molecule has 0 unspecified atom stereocenters. The molecule has 0 aliphatic rings. The first-order chi connectivity index (χ1) is 11.5. The smallest absolute Gasteiger partial charge is 0.170 e. The Hall–Kier alpha value is -2.47. The molecule has 0 N–H and O–H groups in total. The third-order valence-electron chi connectivity index (χ3n) is 3.62. The van der Waals surface area contributed by atoms with Gasteiger partial charge in [-0.1, -0.05) is 6.07 Å². The number of aryl methyl sites for hydroxylation is 1. The molecule has 0 radical (unpaired) electrons. The molecule has 1 heterocycles. The highest BCUT2D eigenvalue weighted by molar-refractivity contribution is 7.15. The second-order valence-electron chi connectivity index (χ2n) is 5.09. The molecule has 2 aromatic carbocycles. The number of aromatic nitrogens is 1. The number of thiazole rings is 1. The summed E-state index contributed by atoms with van der Waals surface area (Å²) >= 11 is 1.42. The molecular formula is C18H15F2NO2S. The molecule has 3 nitrogen and oxygen atoms in total. The van der Waals surface area contributed by atoms with Crippen LogP contribution in [0.4, 0.5) is 8.78 Å². The minimum absolute atomic E-state index is 0.276. The van der Waals surface area contributed by atoms with E-state index in [-0.39, 0.29) is 5.56 Å². The summed E-state index contributed by atoms with van der Waals surface area (Å²) in [5.41, 5.74) is 1.54. The lowest BCUT2D eigenvalue weighted by Gasteiger charge is -2.10. The summed E-state index contributed by atoms with van der Waals surface area (Å²) in [6, 6.07) is 8.99. The Morgan fingerprint density at radius 1 is 1.00 bits per heavy atom. The van der Waals surface area contributed by atoms with Gasteiger partial charge in [0.25, 0.3) is 0 Å². The van der Waals surface area contributed by atoms with Gasteiger partial charge in [0.2, 0.25) is 0 Å². The second-order valence-corrected chi connectivity index (χ2v) is 6.29. The van der Waals surface area contributed by atoms with Crippen LogP contribution in [0, 0.1) is 18.6 Å². The van der Waals surface area contributed by atoms with Crippen molar-refractivity contribution >= 4 is 11.3 Å². The summed E-state index contributed by atoms with van der Waals surface area (Å²) in [5, 5.41) is 0.682. The molecule has 0 atom stereocenters. The molecule has 1 aromatic heterocycles. The van der Waals surface area contributed by atoms with Gasteiger partial charge in [-0.25, -0.2) is 13.8 Å². The van der Waals surface area contributed by atoms with Crippen LogP contribution < -0.4 is 9.47 Å². The van der Waals surface area contributed by atoms with E-state index in [0.717, 1.165) is 16.5 Å². The fourth-order valence-corrected chi connectivity index (χ4v) is 3.45. The quantitative estimate of drug-likeness (QED) is 0.659. The molecule has 0 amide bonds. The van der Waals surface area contributed by atoms with Gasteiger partial charge in [-0.2, -0.15) is 0 Å². The summed E-state index contributed by atoms with van der Waals surface area (Å²) in [4.78, 5) is 5.38. The number of hydrogen-bond acceptors (Lipinski definition) is 4. The number of nitrogens with zero attached hydrogens (tertiary/aromatic N) is 1. The number of halogens is 2. The average Bonchev–Trinajstić information content (AvgIpc) is 2.95. The van der Waals surface area contributed by atoms with Gasteiger partial charge in [-0.05, 0) is 31.2 Å². The Bertz CT molecular complexity index is 893. The summed E-state index contributed by atoms with van der Waals surface area (Å²) < 4.78 is 37.9. The predicted molar refractivity (Wildman–Crippen MR) is 90.7 cm³/mol. The molecule has 24 heavy (non-hydrogen) atoms. The second kappa shape index (κ2) is 6.57. The van der Waals surface area contributed by atoms with Crippen molar-refractivity contribution in [1.29, 1.82) is 0 Å². The number of benzene rings is 2. The van der Waals surface area contributed by atoms with Crippen molar-refractivity contribution in [2.75, 3.05) is 14.2 Å². The van der Waals surface area contributed by atoms with E-state index in [1.165, 1.54) is 23.5 Å². The first kappa shape index (κ1) is 16.4. The van der Waals surface area contributed by atoms with Crippen molar-refractivity contribution in [1.82, 2.24) is 4.98 Å². The molecule has 0 aliphatic carbocycles. The molecule has 6 heteroatoms. The van der Waals surface area contributed by atoms with Crippen LogP contribution in [0.15, 0.2) is 36.4 Å². The zero-order chi connectivity index (χ0) is 17.3. The maximum atomic E-state index is 14.1. The maximum Gasteiger partial charge on any atom is 0.170 e. The van der Waals surface area contributed by atoms with E-state index in [1.807, 2.05) is 19.1 Å². The number of methoxy groups -OCH3 is 2. The number of rotatable bonds is 4. The first-order valence-electron chi connectivity index (χ1n) is 7.19. The van der Waals surface area contributed by atoms with Gasteiger partial charge in [-0.3, -0.25) is 0 Å². The van der Waals surface area contributed by atoms with Gasteiger partial charge in [0, 0.05) is 16.5 Å². The topological polar surface area (TPSA) is 31.4 Å². The van der Waals surface area contributed by atoms with E-state index in [4.69, 9.17) is 9.47 Å². The summed E-state index contributed by atoms with van der Waals surface area (Å²) in [5.74, 6) is -0.0800. The van der Waals surface area contributed by atoms with Crippen LogP contribution in [0.2, 0.25) is 0 Å². The standard InChI is InChI=1S/C18H15F2NO2S/c1-10-16(12-8-7-11(19)9-14(12)20)21-18(24-10)13-5-4-6-15(22-2)17(13)23-3/h4-9H,1-3H3. The van der Waals surface area contributed by atoms with Crippen LogP contribution in [-0.4, -0.2) is 19.2 Å². The van der Waals surface area contributed by atoms with E-state index in [1.54, 1.807) is 20.3 Å². The highest BCUT2D eigenvalue weighted by Gasteiger charge is 2.19. The van der Waals surface area contributed by atoms with E-state index in [9.17, 15) is 8.78 Å². The minimum atomic E-state index is -0.632.